The standard InChI is InChI=1S/C9H10N6O2S/c10-3-5-15(6-4-11)18(16,17)8-1-2-9(14-12)13-7-8/h1-2,7H,5-6,12H2,(H,13,14). The highest BCUT2D eigenvalue weighted by molar-refractivity contribution is 7.89. The van der Waals surface area contributed by atoms with Crippen LogP contribution < -0.4 is 11.3 Å². The largest absolute Gasteiger partial charge is 0.308 e. The number of rotatable bonds is 5. The van der Waals surface area contributed by atoms with Crippen LogP contribution in [0.2, 0.25) is 0 Å². The van der Waals surface area contributed by atoms with E-state index in [1.807, 2.05) is 0 Å². The fraction of sp³-hybridized carbons (Fsp3) is 0.222. The molecule has 0 unspecified atom stereocenters. The van der Waals surface area contributed by atoms with Crippen molar-refractivity contribution in [3.63, 3.8) is 0 Å². The van der Waals surface area contributed by atoms with Gasteiger partial charge < -0.3 is 5.43 Å². The van der Waals surface area contributed by atoms with Gasteiger partial charge in [-0.1, -0.05) is 0 Å². The Bertz CT molecular complexity index is 567. The summed E-state index contributed by atoms with van der Waals surface area (Å²) in [5.41, 5.74) is 2.26. The van der Waals surface area contributed by atoms with Gasteiger partial charge in [0, 0.05) is 6.20 Å². The van der Waals surface area contributed by atoms with Crippen LogP contribution in [0.25, 0.3) is 0 Å². The van der Waals surface area contributed by atoms with Gasteiger partial charge in [-0.15, -0.1) is 0 Å². The van der Waals surface area contributed by atoms with Gasteiger partial charge in [-0.3, -0.25) is 0 Å². The molecule has 0 aliphatic heterocycles. The van der Waals surface area contributed by atoms with Crippen molar-refractivity contribution >= 4 is 15.8 Å². The average Bonchev–Trinajstić information content (AvgIpc) is 2.38. The van der Waals surface area contributed by atoms with E-state index in [2.05, 4.69) is 10.4 Å². The molecule has 18 heavy (non-hydrogen) atoms. The minimum absolute atomic E-state index is 0.105. The third-order valence-electron chi connectivity index (χ3n) is 2.02. The van der Waals surface area contributed by atoms with E-state index in [1.54, 1.807) is 12.1 Å². The van der Waals surface area contributed by atoms with Gasteiger partial charge in [0.2, 0.25) is 10.0 Å². The van der Waals surface area contributed by atoms with Crippen molar-refractivity contribution in [2.24, 2.45) is 5.84 Å². The summed E-state index contributed by atoms with van der Waals surface area (Å²) in [5.74, 6) is 5.41. The highest BCUT2D eigenvalue weighted by Crippen LogP contribution is 2.15. The average molecular weight is 266 g/mol. The number of pyridine rings is 1. The van der Waals surface area contributed by atoms with E-state index in [0.717, 1.165) is 10.5 Å². The molecule has 0 aromatic carbocycles. The first-order chi connectivity index (χ1) is 8.56. The second-order valence-corrected chi connectivity index (χ2v) is 5.05. The Morgan fingerprint density at radius 3 is 2.33 bits per heavy atom. The van der Waals surface area contributed by atoms with Gasteiger partial charge in [0.1, 0.15) is 23.8 Å². The summed E-state index contributed by atoms with van der Waals surface area (Å²) in [5, 5.41) is 17.1. The van der Waals surface area contributed by atoms with Crippen LogP contribution in [-0.4, -0.2) is 30.8 Å². The van der Waals surface area contributed by atoms with Gasteiger partial charge in [0.05, 0.1) is 12.1 Å². The molecular weight excluding hydrogens is 256 g/mol. The van der Waals surface area contributed by atoms with Crippen LogP contribution in [-0.2, 0) is 10.0 Å². The van der Waals surface area contributed by atoms with Gasteiger partial charge in [0.15, 0.2) is 0 Å². The second-order valence-electron chi connectivity index (χ2n) is 3.11. The van der Waals surface area contributed by atoms with Crippen molar-refractivity contribution in [3.05, 3.63) is 18.3 Å². The molecule has 0 atom stereocenters. The van der Waals surface area contributed by atoms with E-state index < -0.39 is 23.1 Å². The third-order valence-corrected chi connectivity index (χ3v) is 3.79. The van der Waals surface area contributed by atoms with E-state index in [9.17, 15) is 8.42 Å². The first kappa shape index (κ1) is 13.9. The number of aromatic nitrogens is 1. The molecule has 94 valence electrons. The first-order valence-corrected chi connectivity index (χ1v) is 6.17. The lowest BCUT2D eigenvalue weighted by molar-refractivity contribution is 0.479. The fourth-order valence-electron chi connectivity index (χ4n) is 1.15. The molecule has 0 saturated heterocycles. The Morgan fingerprint density at radius 1 is 1.33 bits per heavy atom. The number of hydrogen-bond donors (Lipinski definition) is 2. The van der Waals surface area contributed by atoms with Gasteiger partial charge >= 0.3 is 0 Å². The van der Waals surface area contributed by atoms with Crippen molar-refractivity contribution in [1.29, 1.82) is 10.5 Å². The SMILES string of the molecule is N#CCN(CC#N)S(=O)(=O)c1ccc(NN)nc1. The molecule has 9 heteroatoms. The molecular formula is C9H10N6O2S. The van der Waals surface area contributed by atoms with Crippen LogP contribution >= 0.6 is 0 Å². The maximum absolute atomic E-state index is 12.0. The van der Waals surface area contributed by atoms with Crippen molar-refractivity contribution in [3.8, 4) is 12.1 Å². The lowest BCUT2D eigenvalue weighted by atomic mass is 10.5. The van der Waals surface area contributed by atoms with Crippen molar-refractivity contribution < 1.29 is 8.42 Å². The quantitative estimate of drug-likeness (QED) is 0.412. The maximum atomic E-state index is 12.0. The number of nitrogens with zero attached hydrogens (tertiary/aromatic N) is 4. The molecule has 0 amide bonds. The summed E-state index contributed by atoms with van der Waals surface area (Å²) in [6.07, 6.45) is 1.10. The zero-order chi connectivity index (χ0) is 13.6. The zero-order valence-electron chi connectivity index (χ0n) is 9.24. The Hall–Kier alpha value is -2.20. The molecule has 1 rings (SSSR count). The highest BCUT2D eigenvalue weighted by atomic mass is 32.2. The first-order valence-electron chi connectivity index (χ1n) is 4.73. The molecule has 3 N–H and O–H groups in total. The highest BCUT2D eigenvalue weighted by Gasteiger charge is 2.24. The Kier molecular flexibility index (Phi) is 4.57. The normalized spacial score (nSPS) is 10.7. The molecule has 0 saturated carbocycles. The third kappa shape index (κ3) is 2.93. The number of nitrogens with two attached hydrogens (primary N) is 1. The van der Waals surface area contributed by atoms with Crippen molar-refractivity contribution in [2.75, 3.05) is 18.5 Å². The van der Waals surface area contributed by atoms with Crippen LogP contribution in [0.15, 0.2) is 23.2 Å². The Labute approximate surface area is 104 Å². The predicted octanol–water partition coefficient (Wildman–Crippen LogP) is -0.595. The van der Waals surface area contributed by atoms with E-state index >= 15 is 0 Å². The molecule has 8 nitrogen and oxygen atoms in total. The van der Waals surface area contributed by atoms with E-state index in [-0.39, 0.29) is 4.90 Å². The smallest absolute Gasteiger partial charge is 0.246 e. The number of hydrogen-bond acceptors (Lipinski definition) is 7. The molecule has 0 bridgehead atoms. The predicted molar refractivity (Wildman–Crippen MR) is 62.0 cm³/mol. The molecule has 1 heterocycles. The van der Waals surface area contributed by atoms with Crippen LogP contribution in [0.5, 0.6) is 0 Å². The van der Waals surface area contributed by atoms with Gasteiger partial charge in [-0.05, 0) is 12.1 Å². The van der Waals surface area contributed by atoms with E-state index in [1.165, 1.54) is 12.1 Å². The Balaban J connectivity index is 3.11. The van der Waals surface area contributed by atoms with E-state index in [4.69, 9.17) is 16.4 Å². The Morgan fingerprint density at radius 2 is 1.94 bits per heavy atom. The molecule has 1 aromatic heterocycles. The number of anilines is 1. The molecule has 0 fully saturated rings. The monoisotopic (exact) mass is 266 g/mol. The van der Waals surface area contributed by atoms with E-state index in [0.29, 0.717) is 5.82 Å². The molecule has 0 aliphatic rings. The lowest BCUT2D eigenvalue weighted by Crippen LogP contribution is -2.32. The second kappa shape index (κ2) is 5.93. The summed E-state index contributed by atoms with van der Waals surface area (Å²) in [7, 11) is -3.89. The summed E-state index contributed by atoms with van der Waals surface area (Å²) < 4.78 is 24.9. The molecule has 0 radical (unpaired) electrons. The summed E-state index contributed by atoms with van der Waals surface area (Å²) >= 11 is 0. The van der Waals surface area contributed by atoms with Crippen LogP contribution in [0.3, 0.4) is 0 Å². The van der Waals surface area contributed by atoms with Crippen LogP contribution in [0.1, 0.15) is 0 Å². The number of nitrogen functional groups attached to an aromatic ring is 1. The van der Waals surface area contributed by atoms with Crippen molar-refractivity contribution in [2.45, 2.75) is 4.90 Å². The summed E-state index contributed by atoms with van der Waals surface area (Å²) in [6.45, 7) is -0.792. The number of hydrazine groups is 1. The van der Waals surface area contributed by atoms with Gasteiger partial charge in [-0.25, -0.2) is 19.2 Å². The molecule has 1 aromatic rings. The lowest BCUT2D eigenvalue weighted by Gasteiger charge is -2.15. The topological polar surface area (TPSA) is 136 Å². The molecule has 0 spiro atoms. The van der Waals surface area contributed by atoms with Crippen LogP contribution in [0.4, 0.5) is 5.82 Å². The zero-order valence-corrected chi connectivity index (χ0v) is 10.1. The van der Waals surface area contributed by atoms with Crippen LogP contribution in [0, 0.1) is 22.7 Å². The minimum atomic E-state index is -3.89. The van der Waals surface area contributed by atoms with Gasteiger partial charge in [-0.2, -0.15) is 14.8 Å². The number of sulfonamides is 1. The molecule has 0 aliphatic carbocycles. The summed E-state index contributed by atoms with van der Waals surface area (Å²) in [6, 6.07) is 6.06. The number of nitriles is 2. The van der Waals surface area contributed by atoms with Gasteiger partial charge in [0.25, 0.3) is 0 Å². The fourth-order valence-corrected chi connectivity index (χ4v) is 2.33. The summed E-state index contributed by atoms with van der Waals surface area (Å²) in [4.78, 5) is 3.65. The maximum Gasteiger partial charge on any atom is 0.246 e. The number of nitrogens with one attached hydrogen (secondary N) is 1. The van der Waals surface area contributed by atoms with Crippen molar-refractivity contribution in [1.82, 2.24) is 9.29 Å². The minimum Gasteiger partial charge on any atom is -0.308 e.